The Labute approximate surface area is 98.9 Å². The van der Waals surface area contributed by atoms with Crippen molar-refractivity contribution in [3.63, 3.8) is 0 Å². The second kappa shape index (κ2) is 7.66. The van der Waals surface area contributed by atoms with Gasteiger partial charge in [0, 0.05) is 0 Å². The number of aliphatic hydroxyl groups is 1. The lowest BCUT2D eigenvalue weighted by Gasteiger charge is -2.29. The summed E-state index contributed by atoms with van der Waals surface area (Å²) in [6, 6.07) is 0. The van der Waals surface area contributed by atoms with Crippen LogP contribution in [0.25, 0.3) is 0 Å². The third-order valence-electron chi connectivity index (χ3n) is 3.24. The maximum absolute atomic E-state index is 11.0. The third-order valence-corrected chi connectivity index (χ3v) is 3.24. The molecule has 0 aromatic heterocycles. The van der Waals surface area contributed by atoms with Gasteiger partial charge in [-0.1, -0.05) is 46.0 Å². The number of hydrogen-bond donors (Lipinski definition) is 2. The van der Waals surface area contributed by atoms with Gasteiger partial charge in [-0.15, -0.1) is 0 Å². The molecule has 96 valence electrons. The van der Waals surface area contributed by atoms with Gasteiger partial charge in [-0.3, -0.25) is 4.79 Å². The fourth-order valence-corrected chi connectivity index (χ4v) is 2.14. The second-order valence-corrected chi connectivity index (χ2v) is 4.82. The highest BCUT2D eigenvalue weighted by Crippen LogP contribution is 2.27. The number of carboxylic acid groups (broad SMARTS) is 1. The lowest BCUT2D eigenvalue weighted by Crippen LogP contribution is -2.39. The van der Waals surface area contributed by atoms with Crippen LogP contribution < -0.4 is 0 Å². The minimum Gasteiger partial charge on any atom is -0.481 e. The van der Waals surface area contributed by atoms with Crippen molar-refractivity contribution < 1.29 is 15.0 Å². The van der Waals surface area contributed by atoms with Gasteiger partial charge >= 0.3 is 5.97 Å². The smallest absolute Gasteiger partial charge is 0.309 e. The Morgan fingerprint density at radius 1 is 1.19 bits per heavy atom. The minimum absolute atomic E-state index is 0.483. The highest BCUT2D eigenvalue weighted by atomic mass is 16.4. The van der Waals surface area contributed by atoms with E-state index in [0.29, 0.717) is 12.8 Å². The summed E-state index contributed by atoms with van der Waals surface area (Å²) in [6.07, 6.45) is 6.66. The molecule has 3 heteroatoms. The molecule has 2 unspecified atom stereocenters. The first-order valence-corrected chi connectivity index (χ1v) is 6.40. The molecule has 0 amide bonds. The fraction of sp³-hybridized carbons (Fsp3) is 0.923. The van der Waals surface area contributed by atoms with Crippen molar-refractivity contribution in [3.8, 4) is 0 Å². The Bertz CT molecular complexity index is 199. The molecule has 0 heterocycles. The molecule has 0 saturated carbocycles. The van der Waals surface area contributed by atoms with Crippen LogP contribution in [0.4, 0.5) is 0 Å². The molecule has 0 aliphatic carbocycles. The number of rotatable bonds is 9. The SMILES string of the molecule is CCCCCCCC(C)(O)C(CC)C(=O)O. The second-order valence-electron chi connectivity index (χ2n) is 4.82. The maximum atomic E-state index is 11.0. The summed E-state index contributed by atoms with van der Waals surface area (Å²) in [5.41, 5.74) is -1.06. The summed E-state index contributed by atoms with van der Waals surface area (Å²) in [7, 11) is 0. The Kier molecular flexibility index (Phi) is 7.39. The summed E-state index contributed by atoms with van der Waals surface area (Å²) >= 11 is 0. The van der Waals surface area contributed by atoms with Gasteiger partial charge in [0.15, 0.2) is 0 Å². The van der Waals surface area contributed by atoms with Crippen LogP contribution in [0.1, 0.15) is 65.7 Å². The molecular weight excluding hydrogens is 204 g/mol. The Hall–Kier alpha value is -0.570. The maximum Gasteiger partial charge on any atom is 0.309 e. The predicted molar refractivity (Wildman–Crippen MR) is 65.4 cm³/mol. The van der Waals surface area contributed by atoms with Crippen molar-refractivity contribution in [3.05, 3.63) is 0 Å². The first-order chi connectivity index (χ1) is 7.45. The van der Waals surface area contributed by atoms with Crippen LogP contribution in [0, 0.1) is 5.92 Å². The molecule has 0 radical (unpaired) electrons. The van der Waals surface area contributed by atoms with E-state index >= 15 is 0 Å². The molecule has 0 spiro atoms. The molecular formula is C13H26O3. The summed E-state index contributed by atoms with van der Waals surface area (Å²) in [4.78, 5) is 11.0. The van der Waals surface area contributed by atoms with Gasteiger partial charge < -0.3 is 10.2 Å². The van der Waals surface area contributed by atoms with Gasteiger partial charge in [0.05, 0.1) is 11.5 Å². The van der Waals surface area contributed by atoms with Crippen molar-refractivity contribution in [2.24, 2.45) is 5.92 Å². The molecule has 0 rings (SSSR count). The zero-order chi connectivity index (χ0) is 12.6. The minimum atomic E-state index is -1.06. The van der Waals surface area contributed by atoms with E-state index in [0.717, 1.165) is 12.8 Å². The van der Waals surface area contributed by atoms with Crippen molar-refractivity contribution >= 4 is 5.97 Å². The Morgan fingerprint density at radius 2 is 1.75 bits per heavy atom. The molecule has 2 N–H and O–H groups in total. The molecule has 2 atom stereocenters. The summed E-state index contributed by atoms with van der Waals surface area (Å²) in [5, 5.41) is 19.1. The lowest BCUT2D eigenvalue weighted by molar-refractivity contribution is -0.151. The summed E-state index contributed by atoms with van der Waals surface area (Å²) < 4.78 is 0. The zero-order valence-electron chi connectivity index (χ0n) is 10.8. The molecule has 16 heavy (non-hydrogen) atoms. The summed E-state index contributed by atoms with van der Waals surface area (Å²) in [6.45, 7) is 5.62. The molecule has 0 saturated heterocycles. The average Bonchev–Trinajstić information content (AvgIpc) is 2.17. The van der Waals surface area contributed by atoms with Crippen LogP contribution in [-0.4, -0.2) is 21.8 Å². The van der Waals surface area contributed by atoms with Gasteiger partial charge in [-0.25, -0.2) is 0 Å². The van der Waals surface area contributed by atoms with E-state index in [1.165, 1.54) is 19.3 Å². The number of carboxylic acids is 1. The molecule has 0 aliphatic heterocycles. The van der Waals surface area contributed by atoms with E-state index in [2.05, 4.69) is 6.92 Å². The highest BCUT2D eigenvalue weighted by Gasteiger charge is 2.35. The molecule has 0 bridgehead atoms. The molecule has 0 aliphatic rings. The molecule has 0 aromatic rings. The number of unbranched alkanes of at least 4 members (excludes halogenated alkanes) is 4. The molecule has 0 aromatic carbocycles. The molecule has 3 nitrogen and oxygen atoms in total. The number of aliphatic carboxylic acids is 1. The predicted octanol–water partition coefficient (Wildman–Crippen LogP) is 3.21. The zero-order valence-corrected chi connectivity index (χ0v) is 10.8. The van der Waals surface area contributed by atoms with Crippen molar-refractivity contribution in [2.45, 2.75) is 71.3 Å². The lowest BCUT2D eigenvalue weighted by atomic mass is 9.83. The normalized spacial score (nSPS) is 16.8. The van der Waals surface area contributed by atoms with Gasteiger partial charge in [0.2, 0.25) is 0 Å². The number of hydrogen-bond acceptors (Lipinski definition) is 2. The van der Waals surface area contributed by atoms with Crippen LogP contribution in [0.15, 0.2) is 0 Å². The largest absolute Gasteiger partial charge is 0.481 e. The monoisotopic (exact) mass is 230 g/mol. The van der Waals surface area contributed by atoms with Crippen molar-refractivity contribution in [2.75, 3.05) is 0 Å². The Morgan fingerprint density at radius 3 is 2.19 bits per heavy atom. The highest BCUT2D eigenvalue weighted by molar-refractivity contribution is 5.71. The van der Waals surface area contributed by atoms with Crippen LogP contribution in [-0.2, 0) is 4.79 Å². The van der Waals surface area contributed by atoms with Gasteiger partial charge in [0.25, 0.3) is 0 Å². The topological polar surface area (TPSA) is 57.5 Å². The van der Waals surface area contributed by atoms with Crippen LogP contribution in [0.5, 0.6) is 0 Å². The van der Waals surface area contributed by atoms with Gasteiger partial charge in [0.1, 0.15) is 0 Å². The third kappa shape index (κ3) is 5.50. The first kappa shape index (κ1) is 15.4. The van der Waals surface area contributed by atoms with E-state index in [9.17, 15) is 9.90 Å². The quantitative estimate of drug-likeness (QED) is 0.598. The first-order valence-electron chi connectivity index (χ1n) is 6.40. The van der Waals surface area contributed by atoms with E-state index in [1.54, 1.807) is 6.92 Å². The van der Waals surface area contributed by atoms with E-state index in [-0.39, 0.29) is 0 Å². The Balaban J connectivity index is 3.97. The van der Waals surface area contributed by atoms with Crippen molar-refractivity contribution in [1.82, 2.24) is 0 Å². The molecule has 0 fully saturated rings. The standard InChI is InChI=1S/C13H26O3/c1-4-6-7-8-9-10-13(3,16)11(5-2)12(14)15/h11,16H,4-10H2,1-3H3,(H,14,15). The van der Waals surface area contributed by atoms with Gasteiger partial charge in [-0.2, -0.15) is 0 Å². The van der Waals surface area contributed by atoms with E-state index in [1.807, 2.05) is 6.92 Å². The summed E-state index contributed by atoms with van der Waals surface area (Å²) in [5.74, 6) is -1.53. The van der Waals surface area contributed by atoms with Crippen molar-refractivity contribution in [1.29, 1.82) is 0 Å². The average molecular weight is 230 g/mol. The van der Waals surface area contributed by atoms with Crippen LogP contribution in [0.2, 0.25) is 0 Å². The van der Waals surface area contributed by atoms with Crippen LogP contribution in [0.3, 0.4) is 0 Å². The van der Waals surface area contributed by atoms with E-state index in [4.69, 9.17) is 5.11 Å². The number of carbonyl (C=O) groups is 1. The van der Waals surface area contributed by atoms with Gasteiger partial charge in [-0.05, 0) is 19.8 Å². The fourth-order valence-electron chi connectivity index (χ4n) is 2.14. The van der Waals surface area contributed by atoms with Crippen LogP contribution >= 0.6 is 0 Å². The van der Waals surface area contributed by atoms with E-state index < -0.39 is 17.5 Å².